The number of Topliss-reactive ketones (excluding diaryl/α,β-unsaturated/α-hetero) is 1. The molecule has 5 N–H and O–H groups in total. The molecule has 0 amide bonds. The molecule has 118 valence electrons. The topological polar surface area (TPSA) is 147 Å². The Hall–Kier alpha value is -2.71. The van der Waals surface area contributed by atoms with Crippen LogP contribution in [-0.2, 0) is 9.59 Å². The van der Waals surface area contributed by atoms with Gasteiger partial charge in [-0.25, -0.2) is 9.97 Å². The van der Waals surface area contributed by atoms with Crippen LogP contribution in [0.5, 0.6) is 0 Å². The maximum atomic E-state index is 11.4. The molecule has 2 heterocycles. The number of aromatic amines is 1. The lowest BCUT2D eigenvalue weighted by atomic mass is 10.1. The number of ketones is 1. The third-order valence-electron chi connectivity index (χ3n) is 3.11. The van der Waals surface area contributed by atoms with Gasteiger partial charge in [-0.05, 0) is 12.8 Å². The molecule has 0 bridgehead atoms. The predicted octanol–water partition coefficient (Wildman–Crippen LogP) is 0.951. The van der Waals surface area contributed by atoms with Gasteiger partial charge >= 0.3 is 5.97 Å². The first-order valence-corrected chi connectivity index (χ1v) is 7.00. The molecule has 2 aromatic heterocycles. The van der Waals surface area contributed by atoms with Crippen LogP contribution in [0.2, 0.25) is 0 Å². The number of hydrogen-bond acceptors (Lipinski definition) is 7. The van der Waals surface area contributed by atoms with Gasteiger partial charge in [-0.1, -0.05) is 0 Å². The van der Waals surface area contributed by atoms with Gasteiger partial charge in [0.25, 0.3) is 0 Å². The Balaban J connectivity index is 1.69. The van der Waals surface area contributed by atoms with E-state index in [2.05, 4.69) is 25.3 Å². The van der Waals surface area contributed by atoms with Crippen molar-refractivity contribution in [3.8, 4) is 0 Å². The van der Waals surface area contributed by atoms with Crippen molar-refractivity contribution in [3.63, 3.8) is 0 Å². The zero-order valence-corrected chi connectivity index (χ0v) is 12.0. The number of carboxylic acid groups (broad SMARTS) is 1. The fourth-order valence-electron chi connectivity index (χ4n) is 1.96. The first-order valence-electron chi connectivity index (χ1n) is 7.00. The molecule has 0 aliphatic heterocycles. The number of hydrogen-bond donors (Lipinski definition) is 4. The van der Waals surface area contributed by atoms with Crippen molar-refractivity contribution in [2.24, 2.45) is 0 Å². The Kier molecular flexibility index (Phi) is 5.23. The van der Waals surface area contributed by atoms with Gasteiger partial charge in [0.2, 0.25) is 5.95 Å². The van der Waals surface area contributed by atoms with Gasteiger partial charge in [0.1, 0.15) is 17.6 Å². The van der Waals surface area contributed by atoms with E-state index >= 15 is 0 Å². The van der Waals surface area contributed by atoms with E-state index in [4.69, 9.17) is 10.8 Å². The van der Waals surface area contributed by atoms with E-state index in [-0.39, 0.29) is 18.6 Å². The van der Waals surface area contributed by atoms with Crippen LogP contribution in [0.25, 0.3) is 11.2 Å². The number of aliphatic carboxylic acids is 1. The highest BCUT2D eigenvalue weighted by atomic mass is 16.4. The molecular weight excluding hydrogens is 288 g/mol. The summed E-state index contributed by atoms with van der Waals surface area (Å²) in [7, 11) is 0. The number of anilines is 2. The van der Waals surface area contributed by atoms with Crippen LogP contribution in [0.3, 0.4) is 0 Å². The number of fused-ring (bicyclic) bond motifs is 1. The molecule has 0 fully saturated rings. The summed E-state index contributed by atoms with van der Waals surface area (Å²) < 4.78 is 0. The molecule has 0 atom stereocenters. The van der Waals surface area contributed by atoms with Gasteiger partial charge in [0, 0.05) is 19.4 Å². The van der Waals surface area contributed by atoms with Crippen LogP contribution >= 0.6 is 0 Å². The molecule has 0 spiro atoms. The smallest absolute Gasteiger partial charge is 0.303 e. The molecule has 0 aliphatic rings. The lowest BCUT2D eigenvalue weighted by molar-refractivity contribution is -0.138. The predicted molar refractivity (Wildman–Crippen MR) is 80.3 cm³/mol. The zero-order chi connectivity index (χ0) is 15.9. The van der Waals surface area contributed by atoms with E-state index in [9.17, 15) is 9.59 Å². The first kappa shape index (κ1) is 15.7. The van der Waals surface area contributed by atoms with Gasteiger partial charge < -0.3 is 21.1 Å². The number of carbonyl (C=O) groups is 2. The number of carboxylic acids is 1. The molecular formula is C13H18N6O3. The molecule has 0 unspecified atom stereocenters. The van der Waals surface area contributed by atoms with Crippen molar-refractivity contribution in [1.29, 1.82) is 0 Å². The Labute approximate surface area is 126 Å². The molecule has 0 aromatic carbocycles. The number of carbonyl (C=O) groups excluding carboxylic acids is 1. The minimum Gasteiger partial charge on any atom is -0.481 e. The van der Waals surface area contributed by atoms with Crippen LogP contribution in [0.4, 0.5) is 11.8 Å². The van der Waals surface area contributed by atoms with E-state index in [1.54, 1.807) is 0 Å². The fourth-order valence-corrected chi connectivity index (χ4v) is 1.96. The summed E-state index contributed by atoms with van der Waals surface area (Å²) in [4.78, 5) is 36.8. The number of aromatic nitrogens is 4. The second-order valence-corrected chi connectivity index (χ2v) is 4.86. The van der Waals surface area contributed by atoms with Gasteiger partial charge in [0.05, 0.1) is 6.42 Å². The summed E-state index contributed by atoms with van der Waals surface area (Å²) in [5.41, 5.74) is 6.79. The summed E-state index contributed by atoms with van der Waals surface area (Å²) in [6.45, 7) is 0.638. The van der Waals surface area contributed by atoms with Crippen molar-refractivity contribution < 1.29 is 14.7 Å². The average molecular weight is 306 g/mol. The molecule has 0 radical (unpaired) electrons. The van der Waals surface area contributed by atoms with E-state index in [1.807, 2.05) is 0 Å². The third kappa shape index (κ3) is 4.40. The lowest BCUT2D eigenvalue weighted by Gasteiger charge is -2.02. The highest BCUT2D eigenvalue weighted by molar-refractivity contribution is 5.83. The number of rotatable bonds is 9. The van der Waals surface area contributed by atoms with Crippen molar-refractivity contribution in [2.75, 3.05) is 17.6 Å². The molecule has 9 heteroatoms. The van der Waals surface area contributed by atoms with Gasteiger partial charge in [-0.3, -0.25) is 9.59 Å². The summed E-state index contributed by atoms with van der Waals surface area (Å²) >= 11 is 0. The number of unbranched alkanes of at least 4 members (excludes halogenated alkanes) is 1. The largest absolute Gasteiger partial charge is 0.481 e. The molecule has 2 aromatic rings. The highest BCUT2D eigenvalue weighted by Crippen LogP contribution is 2.15. The maximum Gasteiger partial charge on any atom is 0.303 e. The lowest BCUT2D eigenvalue weighted by Crippen LogP contribution is -2.06. The molecule has 9 nitrogen and oxygen atoms in total. The van der Waals surface area contributed by atoms with Gasteiger partial charge in [-0.15, -0.1) is 0 Å². The van der Waals surface area contributed by atoms with Gasteiger partial charge in [-0.2, -0.15) is 4.98 Å². The number of nitrogens with two attached hydrogens (primary N) is 1. The van der Waals surface area contributed by atoms with Crippen LogP contribution < -0.4 is 11.1 Å². The number of imidazole rings is 1. The zero-order valence-electron chi connectivity index (χ0n) is 12.0. The van der Waals surface area contributed by atoms with E-state index in [0.29, 0.717) is 42.3 Å². The second-order valence-electron chi connectivity index (χ2n) is 4.86. The summed E-state index contributed by atoms with van der Waals surface area (Å²) in [5.74, 6) is -0.0644. The molecule has 22 heavy (non-hydrogen) atoms. The first-order chi connectivity index (χ1) is 10.6. The molecule has 0 saturated heterocycles. The normalized spacial score (nSPS) is 10.7. The SMILES string of the molecule is Nc1ncnc2nc(NCCCCC(=O)CCC(=O)O)[nH]c12. The van der Waals surface area contributed by atoms with Crippen LogP contribution in [0.15, 0.2) is 6.33 Å². The van der Waals surface area contributed by atoms with E-state index < -0.39 is 5.97 Å². The quantitative estimate of drug-likeness (QED) is 0.501. The Morgan fingerprint density at radius 3 is 2.77 bits per heavy atom. The van der Waals surface area contributed by atoms with E-state index in [0.717, 1.165) is 6.42 Å². The highest BCUT2D eigenvalue weighted by Gasteiger charge is 2.07. The standard InChI is InChI=1S/C13H18N6O3/c14-11-10-12(17-7-16-11)19-13(18-10)15-6-2-1-3-8(20)4-5-9(21)22/h7H,1-6H2,(H,21,22)(H4,14,15,16,17,18,19). The minimum atomic E-state index is -0.942. The van der Waals surface area contributed by atoms with Crippen molar-refractivity contribution in [1.82, 2.24) is 19.9 Å². The van der Waals surface area contributed by atoms with E-state index in [1.165, 1.54) is 6.33 Å². The Morgan fingerprint density at radius 1 is 1.23 bits per heavy atom. The molecule has 0 aliphatic carbocycles. The average Bonchev–Trinajstić information content (AvgIpc) is 2.89. The van der Waals surface area contributed by atoms with Crippen molar-refractivity contribution in [3.05, 3.63) is 6.33 Å². The van der Waals surface area contributed by atoms with Crippen LogP contribution in [0.1, 0.15) is 32.1 Å². The molecule has 2 rings (SSSR count). The monoisotopic (exact) mass is 306 g/mol. The fraction of sp³-hybridized carbons (Fsp3) is 0.462. The maximum absolute atomic E-state index is 11.4. The summed E-state index contributed by atoms with van der Waals surface area (Å²) in [6, 6.07) is 0. The number of nitrogens with one attached hydrogen (secondary N) is 2. The Bertz CT molecular complexity index is 669. The summed E-state index contributed by atoms with van der Waals surface area (Å²) in [5, 5.41) is 11.6. The third-order valence-corrected chi connectivity index (χ3v) is 3.11. The number of nitrogen functional groups attached to an aromatic ring is 1. The van der Waals surface area contributed by atoms with Crippen molar-refractivity contribution in [2.45, 2.75) is 32.1 Å². The number of nitrogens with zero attached hydrogens (tertiary/aromatic N) is 3. The van der Waals surface area contributed by atoms with Gasteiger partial charge in [0.15, 0.2) is 11.5 Å². The summed E-state index contributed by atoms with van der Waals surface area (Å²) in [6.07, 6.45) is 3.23. The Morgan fingerprint density at radius 2 is 2.05 bits per heavy atom. The molecule has 0 saturated carbocycles. The van der Waals surface area contributed by atoms with Crippen LogP contribution in [-0.4, -0.2) is 43.3 Å². The van der Waals surface area contributed by atoms with Crippen molar-refractivity contribution >= 4 is 34.7 Å². The van der Waals surface area contributed by atoms with Crippen LogP contribution in [0, 0.1) is 0 Å². The second kappa shape index (κ2) is 7.34. The number of H-pyrrole nitrogens is 1. The minimum absolute atomic E-state index is 0.0193.